The zero-order valence-corrected chi connectivity index (χ0v) is 12.1. The summed E-state index contributed by atoms with van der Waals surface area (Å²) in [6.45, 7) is 3.34. The fourth-order valence-electron chi connectivity index (χ4n) is 3.19. The largest absolute Gasteiger partial charge is 0.480 e. The first-order valence-corrected chi connectivity index (χ1v) is 7.52. The van der Waals surface area contributed by atoms with Crippen LogP contribution in [0.25, 0.3) is 0 Å². The third-order valence-corrected chi connectivity index (χ3v) is 4.07. The van der Waals surface area contributed by atoms with Crippen molar-refractivity contribution in [3.63, 3.8) is 0 Å². The van der Waals surface area contributed by atoms with Crippen LogP contribution in [-0.2, 0) is 9.53 Å². The van der Waals surface area contributed by atoms with Gasteiger partial charge in [-0.1, -0.05) is 19.8 Å². The molecule has 20 heavy (non-hydrogen) atoms. The zero-order chi connectivity index (χ0) is 14.5. The number of aliphatic carboxylic acids is 1. The highest BCUT2D eigenvalue weighted by molar-refractivity contribution is 5.80. The maximum Gasteiger partial charge on any atom is 0.323 e. The first-order chi connectivity index (χ1) is 9.63. The Labute approximate surface area is 119 Å². The molecule has 1 heterocycles. The summed E-state index contributed by atoms with van der Waals surface area (Å²) < 4.78 is 5.75. The van der Waals surface area contributed by atoms with Gasteiger partial charge in [0.05, 0.1) is 18.8 Å². The number of carbonyl (C=O) groups is 2. The molecule has 0 spiro atoms. The predicted octanol–water partition coefficient (Wildman–Crippen LogP) is 1.55. The minimum atomic E-state index is -0.958. The topological polar surface area (TPSA) is 70.1 Å². The minimum Gasteiger partial charge on any atom is -0.480 e. The monoisotopic (exact) mass is 284 g/mol. The molecule has 0 aromatic rings. The van der Waals surface area contributed by atoms with Crippen LogP contribution in [0.5, 0.6) is 0 Å². The Bertz CT molecular complexity index is 359. The molecular weight excluding hydrogens is 260 g/mol. The highest BCUT2D eigenvalue weighted by atomic mass is 16.5. The van der Waals surface area contributed by atoms with Gasteiger partial charge < -0.3 is 19.6 Å². The molecule has 6 heteroatoms. The number of morpholine rings is 1. The highest BCUT2D eigenvalue weighted by Crippen LogP contribution is 2.29. The zero-order valence-electron chi connectivity index (χ0n) is 12.1. The van der Waals surface area contributed by atoms with E-state index in [0.717, 1.165) is 32.1 Å². The van der Waals surface area contributed by atoms with Crippen LogP contribution in [0.2, 0.25) is 0 Å². The summed E-state index contributed by atoms with van der Waals surface area (Å²) in [7, 11) is 0. The Morgan fingerprint density at radius 3 is 2.80 bits per heavy atom. The molecule has 0 aromatic carbocycles. The summed E-state index contributed by atoms with van der Waals surface area (Å²) in [5.41, 5.74) is 0. The molecule has 1 N–H and O–H groups in total. The van der Waals surface area contributed by atoms with Gasteiger partial charge in [-0.05, 0) is 19.3 Å². The molecule has 6 nitrogen and oxygen atoms in total. The summed E-state index contributed by atoms with van der Waals surface area (Å²) in [6, 6.07) is -0.0207. The number of carboxylic acids is 1. The van der Waals surface area contributed by atoms with Gasteiger partial charge in [0.1, 0.15) is 6.54 Å². The molecule has 0 bridgehead atoms. The van der Waals surface area contributed by atoms with Gasteiger partial charge in [-0.25, -0.2) is 4.79 Å². The lowest BCUT2D eigenvalue weighted by Crippen LogP contribution is -2.58. The van der Waals surface area contributed by atoms with Crippen LogP contribution in [0, 0.1) is 0 Å². The van der Waals surface area contributed by atoms with E-state index in [1.165, 1.54) is 4.90 Å². The van der Waals surface area contributed by atoms with E-state index in [2.05, 4.69) is 0 Å². The van der Waals surface area contributed by atoms with Crippen molar-refractivity contribution in [1.82, 2.24) is 9.80 Å². The first kappa shape index (κ1) is 15.1. The van der Waals surface area contributed by atoms with Crippen LogP contribution in [0.3, 0.4) is 0 Å². The third-order valence-electron chi connectivity index (χ3n) is 4.07. The second-order valence-corrected chi connectivity index (χ2v) is 5.55. The maximum absolute atomic E-state index is 12.6. The fourth-order valence-corrected chi connectivity index (χ4v) is 3.19. The molecular formula is C14H24N2O4. The van der Waals surface area contributed by atoms with Crippen molar-refractivity contribution in [1.29, 1.82) is 0 Å². The molecule has 1 saturated carbocycles. The van der Waals surface area contributed by atoms with Crippen LogP contribution in [-0.4, -0.2) is 65.3 Å². The average Bonchev–Trinajstić information content (AvgIpc) is 2.45. The van der Waals surface area contributed by atoms with Crippen molar-refractivity contribution < 1.29 is 19.4 Å². The van der Waals surface area contributed by atoms with Crippen molar-refractivity contribution in [2.24, 2.45) is 0 Å². The van der Waals surface area contributed by atoms with Crippen LogP contribution in [0.1, 0.15) is 39.0 Å². The smallest absolute Gasteiger partial charge is 0.323 e. The summed E-state index contributed by atoms with van der Waals surface area (Å²) in [4.78, 5) is 26.8. The average molecular weight is 284 g/mol. The van der Waals surface area contributed by atoms with E-state index in [1.54, 1.807) is 0 Å². The number of ether oxygens (including phenoxy) is 1. The van der Waals surface area contributed by atoms with Gasteiger partial charge in [-0.2, -0.15) is 0 Å². The first-order valence-electron chi connectivity index (χ1n) is 7.52. The summed E-state index contributed by atoms with van der Waals surface area (Å²) >= 11 is 0. The normalized spacial score (nSPS) is 25.9. The number of carboxylic acid groups (broad SMARTS) is 1. The number of hydrogen-bond acceptors (Lipinski definition) is 3. The van der Waals surface area contributed by atoms with Gasteiger partial charge in [-0.15, -0.1) is 0 Å². The Kier molecular flexibility index (Phi) is 5.23. The van der Waals surface area contributed by atoms with E-state index in [-0.39, 0.29) is 24.7 Å². The van der Waals surface area contributed by atoms with E-state index in [1.807, 2.05) is 11.8 Å². The van der Waals surface area contributed by atoms with Gasteiger partial charge in [-0.3, -0.25) is 4.79 Å². The van der Waals surface area contributed by atoms with E-state index in [0.29, 0.717) is 19.7 Å². The van der Waals surface area contributed by atoms with Gasteiger partial charge in [0.15, 0.2) is 0 Å². The number of amides is 2. The standard InChI is InChI=1S/C14H24N2O4/c1-2-7-15(10-13(17)18)14(19)16-8-9-20-12-6-4-3-5-11(12)16/h11-12H,2-10H2,1H3,(H,17,18). The van der Waals surface area contributed by atoms with Crippen LogP contribution < -0.4 is 0 Å². The number of rotatable bonds is 4. The Balaban J connectivity index is 2.06. The lowest BCUT2D eigenvalue weighted by Gasteiger charge is -2.45. The number of fused-ring (bicyclic) bond motifs is 1. The number of hydrogen-bond donors (Lipinski definition) is 1. The summed E-state index contributed by atoms with van der Waals surface area (Å²) in [6.07, 6.45) is 5.12. The van der Waals surface area contributed by atoms with Gasteiger partial charge >= 0.3 is 12.0 Å². The minimum absolute atomic E-state index is 0.123. The van der Waals surface area contributed by atoms with E-state index >= 15 is 0 Å². The third kappa shape index (κ3) is 3.42. The van der Waals surface area contributed by atoms with Crippen LogP contribution in [0.15, 0.2) is 0 Å². The molecule has 2 atom stereocenters. The summed E-state index contributed by atoms with van der Waals surface area (Å²) in [5, 5.41) is 8.95. The number of nitrogens with zero attached hydrogens (tertiary/aromatic N) is 2. The molecule has 2 aliphatic rings. The molecule has 114 valence electrons. The van der Waals surface area contributed by atoms with Crippen molar-refractivity contribution in [3.05, 3.63) is 0 Å². The quantitative estimate of drug-likeness (QED) is 0.850. The molecule has 1 saturated heterocycles. The Hall–Kier alpha value is -1.30. The van der Waals surface area contributed by atoms with Crippen molar-refractivity contribution >= 4 is 12.0 Å². The second kappa shape index (κ2) is 6.92. The number of urea groups is 1. The molecule has 1 aliphatic carbocycles. The van der Waals surface area contributed by atoms with E-state index < -0.39 is 5.97 Å². The van der Waals surface area contributed by atoms with E-state index in [4.69, 9.17) is 9.84 Å². The predicted molar refractivity (Wildman–Crippen MR) is 73.6 cm³/mol. The fraction of sp³-hybridized carbons (Fsp3) is 0.857. The second-order valence-electron chi connectivity index (χ2n) is 5.55. The molecule has 0 radical (unpaired) electrons. The summed E-state index contributed by atoms with van der Waals surface area (Å²) in [5.74, 6) is -0.958. The number of carbonyl (C=O) groups excluding carboxylic acids is 1. The van der Waals surface area contributed by atoms with Crippen molar-refractivity contribution in [3.8, 4) is 0 Å². The molecule has 1 aliphatic heterocycles. The Morgan fingerprint density at radius 2 is 2.10 bits per heavy atom. The molecule has 2 fully saturated rings. The Morgan fingerprint density at radius 1 is 1.35 bits per heavy atom. The highest BCUT2D eigenvalue weighted by Gasteiger charge is 2.38. The van der Waals surface area contributed by atoms with Crippen molar-refractivity contribution in [2.75, 3.05) is 26.2 Å². The van der Waals surface area contributed by atoms with Crippen molar-refractivity contribution in [2.45, 2.75) is 51.2 Å². The SMILES string of the molecule is CCCN(CC(=O)O)C(=O)N1CCOC2CCCCC21. The van der Waals surface area contributed by atoms with Crippen LogP contribution in [0.4, 0.5) is 4.79 Å². The maximum atomic E-state index is 12.6. The molecule has 2 amide bonds. The molecule has 0 aromatic heterocycles. The van der Waals surface area contributed by atoms with Gasteiger partial charge in [0, 0.05) is 13.1 Å². The lowest BCUT2D eigenvalue weighted by atomic mass is 9.90. The van der Waals surface area contributed by atoms with E-state index in [9.17, 15) is 9.59 Å². The molecule has 2 rings (SSSR count). The van der Waals surface area contributed by atoms with Gasteiger partial charge in [0.25, 0.3) is 0 Å². The van der Waals surface area contributed by atoms with Gasteiger partial charge in [0.2, 0.25) is 0 Å². The molecule has 2 unspecified atom stereocenters. The van der Waals surface area contributed by atoms with Crippen LogP contribution >= 0.6 is 0 Å². The lowest BCUT2D eigenvalue weighted by molar-refractivity contribution is -0.138.